The molecule has 0 radical (unpaired) electrons. The van der Waals surface area contributed by atoms with Gasteiger partial charge in [0.2, 0.25) is 5.90 Å². The standard InChI is InChI=1S/C12H18Cl3NO/c1-5-11(4,8-6-7-9(2)3)17-10(16)12(13,14)15/h5,7,16H,1,6,8H2,2-4H3/t11-/m1/s1. The van der Waals surface area contributed by atoms with Crippen LogP contribution in [0.3, 0.4) is 0 Å². The number of nitrogens with one attached hydrogen (secondary N) is 1. The Morgan fingerprint density at radius 3 is 2.24 bits per heavy atom. The fraction of sp³-hybridized carbons (Fsp3) is 0.583. The lowest BCUT2D eigenvalue weighted by Crippen LogP contribution is -2.34. The van der Waals surface area contributed by atoms with E-state index >= 15 is 0 Å². The van der Waals surface area contributed by atoms with Gasteiger partial charge < -0.3 is 4.74 Å². The molecule has 0 heterocycles. The SMILES string of the molecule is C=C[C@](C)(CCC=C(C)C)OC(=N)C(Cl)(Cl)Cl. The number of alkyl halides is 3. The minimum absolute atomic E-state index is 0.387. The molecule has 0 fully saturated rings. The number of hydrogen-bond donors (Lipinski definition) is 1. The molecule has 1 atom stereocenters. The van der Waals surface area contributed by atoms with Crippen molar-refractivity contribution < 1.29 is 4.74 Å². The molecule has 0 aromatic heterocycles. The largest absolute Gasteiger partial charge is 0.467 e. The van der Waals surface area contributed by atoms with E-state index in [1.807, 2.05) is 20.8 Å². The Morgan fingerprint density at radius 1 is 1.35 bits per heavy atom. The lowest BCUT2D eigenvalue weighted by molar-refractivity contribution is 0.113. The van der Waals surface area contributed by atoms with Crippen LogP contribution in [0.4, 0.5) is 0 Å². The van der Waals surface area contributed by atoms with Crippen LogP contribution in [0.5, 0.6) is 0 Å². The molecule has 0 aliphatic rings. The van der Waals surface area contributed by atoms with Crippen molar-refractivity contribution in [2.45, 2.75) is 43.0 Å². The first-order valence-electron chi connectivity index (χ1n) is 5.22. The Bertz CT molecular complexity index is 316. The Morgan fingerprint density at radius 2 is 1.88 bits per heavy atom. The number of ether oxygens (including phenoxy) is 1. The first kappa shape index (κ1) is 16.8. The maximum Gasteiger partial charge on any atom is 0.265 e. The predicted molar refractivity (Wildman–Crippen MR) is 76.4 cm³/mol. The van der Waals surface area contributed by atoms with Crippen LogP contribution < -0.4 is 0 Å². The van der Waals surface area contributed by atoms with Gasteiger partial charge in [-0.2, -0.15) is 0 Å². The van der Waals surface area contributed by atoms with Crippen LogP contribution in [0.25, 0.3) is 0 Å². The summed E-state index contributed by atoms with van der Waals surface area (Å²) >= 11 is 16.7. The van der Waals surface area contributed by atoms with Gasteiger partial charge in [0.25, 0.3) is 3.79 Å². The molecular formula is C12H18Cl3NO. The molecule has 0 aliphatic heterocycles. The highest BCUT2D eigenvalue weighted by Crippen LogP contribution is 2.31. The average Bonchev–Trinajstić information content (AvgIpc) is 2.15. The minimum Gasteiger partial charge on any atom is -0.467 e. The van der Waals surface area contributed by atoms with Crippen LogP contribution in [0.1, 0.15) is 33.6 Å². The molecule has 0 bridgehead atoms. The summed E-state index contributed by atoms with van der Waals surface area (Å²) in [4.78, 5) is 0. The van der Waals surface area contributed by atoms with Gasteiger partial charge in [-0.25, -0.2) is 0 Å². The first-order chi connectivity index (χ1) is 7.60. The Labute approximate surface area is 118 Å². The van der Waals surface area contributed by atoms with Gasteiger partial charge >= 0.3 is 0 Å². The molecule has 0 unspecified atom stereocenters. The van der Waals surface area contributed by atoms with E-state index in [4.69, 9.17) is 44.9 Å². The second-order valence-corrected chi connectivity index (χ2v) is 6.55. The smallest absolute Gasteiger partial charge is 0.265 e. The third kappa shape index (κ3) is 6.97. The summed E-state index contributed by atoms with van der Waals surface area (Å²) in [6.07, 6.45) is 5.20. The quantitative estimate of drug-likeness (QED) is 0.328. The molecule has 5 heteroatoms. The predicted octanol–water partition coefficient (Wildman–Crippen LogP) is 5.04. The second kappa shape index (κ2) is 6.67. The van der Waals surface area contributed by atoms with E-state index in [-0.39, 0.29) is 5.90 Å². The van der Waals surface area contributed by atoms with Crippen molar-refractivity contribution in [2.75, 3.05) is 0 Å². The molecule has 17 heavy (non-hydrogen) atoms. The van der Waals surface area contributed by atoms with Gasteiger partial charge in [0.05, 0.1) is 0 Å². The third-order valence-electron chi connectivity index (χ3n) is 2.22. The fourth-order valence-electron chi connectivity index (χ4n) is 1.13. The zero-order chi connectivity index (χ0) is 13.7. The second-order valence-electron chi connectivity index (χ2n) is 4.27. The zero-order valence-electron chi connectivity index (χ0n) is 10.3. The van der Waals surface area contributed by atoms with E-state index < -0.39 is 9.39 Å². The van der Waals surface area contributed by atoms with E-state index in [0.717, 1.165) is 6.42 Å². The monoisotopic (exact) mass is 297 g/mol. The zero-order valence-corrected chi connectivity index (χ0v) is 12.6. The lowest BCUT2D eigenvalue weighted by Gasteiger charge is -2.29. The van der Waals surface area contributed by atoms with E-state index in [0.29, 0.717) is 6.42 Å². The molecule has 0 amide bonds. The summed E-state index contributed by atoms with van der Waals surface area (Å²) in [5.41, 5.74) is 0.528. The van der Waals surface area contributed by atoms with Crippen LogP contribution >= 0.6 is 34.8 Å². The van der Waals surface area contributed by atoms with Gasteiger partial charge in [0.1, 0.15) is 5.60 Å². The maximum absolute atomic E-state index is 7.54. The first-order valence-corrected chi connectivity index (χ1v) is 6.36. The van der Waals surface area contributed by atoms with Gasteiger partial charge in [0.15, 0.2) is 0 Å². The van der Waals surface area contributed by atoms with Gasteiger partial charge in [-0.3, -0.25) is 5.41 Å². The van der Waals surface area contributed by atoms with E-state index in [2.05, 4.69) is 12.7 Å². The molecule has 0 rings (SSSR count). The molecule has 0 saturated heterocycles. The summed E-state index contributed by atoms with van der Waals surface area (Å²) < 4.78 is 3.54. The minimum atomic E-state index is -1.83. The summed E-state index contributed by atoms with van der Waals surface area (Å²) in [5.74, 6) is -0.387. The highest BCUT2D eigenvalue weighted by molar-refractivity contribution is 6.76. The van der Waals surface area contributed by atoms with Crippen LogP contribution in [0.2, 0.25) is 0 Å². The third-order valence-corrected chi connectivity index (χ3v) is 2.73. The number of hydrogen-bond acceptors (Lipinski definition) is 2. The molecule has 98 valence electrons. The van der Waals surface area contributed by atoms with Gasteiger partial charge in [-0.1, -0.05) is 53.0 Å². The van der Waals surface area contributed by atoms with Gasteiger partial charge in [-0.05, 0) is 39.7 Å². The van der Waals surface area contributed by atoms with Crippen molar-refractivity contribution in [2.24, 2.45) is 0 Å². The Hall–Kier alpha value is -0.180. The average molecular weight is 299 g/mol. The summed E-state index contributed by atoms with van der Waals surface area (Å²) in [6.45, 7) is 9.55. The van der Waals surface area contributed by atoms with Crippen molar-refractivity contribution in [1.29, 1.82) is 5.41 Å². The van der Waals surface area contributed by atoms with Crippen molar-refractivity contribution in [3.63, 3.8) is 0 Å². The highest BCUT2D eigenvalue weighted by Gasteiger charge is 2.34. The van der Waals surface area contributed by atoms with Crippen molar-refractivity contribution in [3.8, 4) is 0 Å². The lowest BCUT2D eigenvalue weighted by atomic mass is 9.99. The number of rotatable bonds is 5. The molecule has 0 aromatic carbocycles. The topological polar surface area (TPSA) is 33.1 Å². The van der Waals surface area contributed by atoms with Crippen LogP contribution in [-0.2, 0) is 4.74 Å². The molecule has 1 N–H and O–H groups in total. The summed E-state index contributed by atoms with van der Waals surface area (Å²) in [6, 6.07) is 0. The number of halogens is 3. The summed E-state index contributed by atoms with van der Waals surface area (Å²) in [5, 5.41) is 7.54. The van der Waals surface area contributed by atoms with Crippen molar-refractivity contribution >= 4 is 40.7 Å². The van der Waals surface area contributed by atoms with E-state index in [1.165, 1.54) is 5.57 Å². The molecule has 0 saturated carbocycles. The van der Waals surface area contributed by atoms with Gasteiger partial charge in [0, 0.05) is 0 Å². The van der Waals surface area contributed by atoms with Crippen molar-refractivity contribution in [1.82, 2.24) is 0 Å². The Kier molecular flexibility index (Phi) is 6.60. The maximum atomic E-state index is 7.54. The van der Waals surface area contributed by atoms with Gasteiger partial charge in [-0.15, -0.1) is 0 Å². The molecule has 0 aliphatic carbocycles. The number of allylic oxidation sites excluding steroid dienone is 2. The van der Waals surface area contributed by atoms with Crippen LogP contribution in [-0.4, -0.2) is 15.3 Å². The molecule has 0 aromatic rings. The van der Waals surface area contributed by atoms with E-state index in [1.54, 1.807) is 6.08 Å². The summed E-state index contributed by atoms with van der Waals surface area (Å²) in [7, 11) is 0. The highest BCUT2D eigenvalue weighted by atomic mass is 35.6. The Balaban J connectivity index is 4.53. The molecule has 2 nitrogen and oxygen atoms in total. The van der Waals surface area contributed by atoms with E-state index in [9.17, 15) is 0 Å². The van der Waals surface area contributed by atoms with Crippen LogP contribution in [0.15, 0.2) is 24.3 Å². The molecule has 0 spiro atoms. The molecular weight excluding hydrogens is 280 g/mol. The van der Waals surface area contributed by atoms with Crippen LogP contribution in [0, 0.1) is 5.41 Å². The fourth-order valence-corrected chi connectivity index (χ4v) is 1.25. The normalized spacial score (nSPS) is 14.7. The van der Waals surface area contributed by atoms with Crippen molar-refractivity contribution in [3.05, 3.63) is 24.3 Å².